The maximum atomic E-state index is 9.18. The zero-order valence-electron chi connectivity index (χ0n) is 11.2. The van der Waals surface area contributed by atoms with Crippen molar-refractivity contribution in [2.75, 3.05) is 5.73 Å². The summed E-state index contributed by atoms with van der Waals surface area (Å²) in [4.78, 5) is 8.78. The summed E-state index contributed by atoms with van der Waals surface area (Å²) in [6, 6.07) is 10.3. The third-order valence-corrected chi connectivity index (χ3v) is 4.75. The highest BCUT2D eigenvalue weighted by molar-refractivity contribution is 9.10. The Morgan fingerprint density at radius 1 is 1.29 bits per heavy atom. The number of rotatable bonds is 4. The average Bonchev–Trinajstić information content (AvgIpc) is 3.30. The van der Waals surface area contributed by atoms with E-state index in [9.17, 15) is 5.26 Å². The van der Waals surface area contributed by atoms with Gasteiger partial charge in [0.05, 0.1) is 5.69 Å². The lowest BCUT2D eigenvalue weighted by molar-refractivity contribution is 0.881. The summed E-state index contributed by atoms with van der Waals surface area (Å²) < 4.78 is 1.06. The van der Waals surface area contributed by atoms with Crippen LogP contribution in [0.25, 0.3) is 0 Å². The second kappa shape index (κ2) is 6.04. The first-order chi connectivity index (χ1) is 10.2. The summed E-state index contributed by atoms with van der Waals surface area (Å²) in [6.07, 6.45) is 2.17. The molecule has 6 heteroatoms. The van der Waals surface area contributed by atoms with Gasteiger partial charge in [0.2, 0.25) is 0 Å². The molecule has 1 saturated carbocycles. The molecule has 1 aromatic carbocycles. The molecule has 4 nitrogen and oxygen atoms in total. The molecule has 2 N–H and O–H groups in total. The number of nitrogens with two attached hydrogens (primary N) is 1. The minimum absolute atomic E-state index is 0.299. The Labute approximate surface area is 135 Å². The van der Waals surface area contributed by atoms with Crippen LogP contribution in [0.1, 0.15) is 35.6 Å². The molecule has 0 spiro atoms. The van der Waals surface area contributed by atoms with E-state index in [1.54, 1.807) is 11.8 Å². The van der Waals surface area contributed by atoms with Gasteiger partial charge in [-0.1, -0.05) is 39.8 Å². The zero-order chi connectivity index (χ0) is 14.8. The zero-order valence-corrected chi connectivity index (χ0v) is 13.6. The molecule has 3 rings (SSSR count). The van der Waals surface area contributed by atoms with E-state index in [2.05, 4.69) is 44.1 Å². The Morgan fingerprint density at radius 3 is 2.62 bits per heavy atom. The van der Waals surface area contributed by atoms with Crippen LogP contribution in [0.4, 0.5) is 5.82 Å². The van der Waals surface area contributed by atoms with Crippen LogP contribution >= 0.6 is 27.7 Å². The third-order valence-electron chi connectivity index (χ3n) is 3.30. The molecule has 2 aromatic rings. The number of aromatic nitrogens is 2. The number of halogens is 1. The van der Waals surface area contributed by atoms with Gasteiger partial charge in [0, 0.05) is 16.1 Å². The second-order valence-electron chi connectivity index (χ2n) is 4.95. The molecule has 0 radical (unpaired) electrons. The summed E-state index contributed by atoms with van der Waals surface area (Å²) in [5.74, 6) is 1.47. The smallest absolute Gasteiger partial charge is 0.190 e. The van der Waals surface area contributed by atoms with Crippen LogP contribution in [0.2, 0.25) is 0 Å². The molecule has 0 saturated heterocycles. The average molecular weight is 361 g/mol. The second-order valence-corrected chi connectivity index (χ2v) is 6.81. The summed E-state index contributed by atoms with van der Waals surface area (Å²) in [7, 11) is 0. The largest absolute Gasteiger partial charge is 0.382 e. The van der Waals surface area contributed by atoms with Crippen LogP contribution in [0.15, 0.2) is 33.9 Å². The number of nitrogens with zero attached hydrogens (tertiary/aromatic N) is 3. The molecule has 21 heavy (non-hydrogen) atoms. The van der Waals surface area contributed by atoms with E-state index in [1.165, 1.54) is 5.56 Å². The molecule has 1 aliphatic rings. The van der Waals surface area contributed by atoms with Crippen molar-refractivity contribution >= 4 is 33.5 Å². The van der Waals surface area contributed by atoms with Crippen LogP contribution in [-0.2, 0) is 5.75 Å². The first-order valence-electron chi connectivity index (χ1n) is 6.62. The van der Waals surface area contributed by atoms with Gasteiger partial charge in [-0.15, -0.1) is 0 Å². The van der Waals surface area contributed by atoms with Crippen LogP contribution in [-0.4, -0.2) is 9.97 Å². The molecule has 1 heterocycles. The Kier molecular flexibility index (Phi) is 4.13. The van der Waals surface area contributed by atoms with Crippen molar-refractivity contribution in [3.8, 4) is 6.07 Å². The molecule has 0 aliphatic heterocycles. The molecule has 1 aliphatic carbocycles. The van der Waals surface area contributed by atoms with E-state index in [0.29, 0.717) is 22.5 Å². The molecule has 106 valence electrons. The van der Waals surface area contributed by atoms with Crippen molar-refractivity contribution in [3.05, 3.63) is 45.6 Å². The van der Waals surface area contributed by atoms with Crippen LogP contribution in [0.3, 0.4) is 0 Å². The lowest BCUT2D eigenvalue weighted by Crippen LogP contribution is -2.04. The van der Waals surface area contributed by atoms with Crippen LogP contribution in [0, 0.1) is 11.3 Å². The Balaban J connectivity index is 1.79. The predicted molar refractivity (Wildman–Crippen MR) is 86.8 cm³/mol. The molecular weight excluding hydrogens is 348 g/mol. The number of hydrogen-bond donors (Lipinski definition) is 1. The molecular formula is C15H13BrN4S. The first-order valence-corrected chi connectivity index (χ1v) is 8.40. The van der Waals surface area contributed by atoms with E-state index in [4.69, 9.17) is 5.73 Å². The number of thioether (sulfide) groups is 1. The predicted octanol–water partition coefficient (Wildman–Crippen LogP) is 3.86. The standard InChI is InChI=1S/C15H13BrN4S/c16-11-5-1-9(2-6-11)8-21-15-19-13(10-3-4-10)12(7-17)14(18)20-15/h1-2,5-6,10H,3-4,8H2,(H2,18,19,20). The van der Waals surface area contributed by atoms with Gasteiger partial charge in [-0.3, -0.25) is 0 Å². The van der Waals surface area contributed by atoms with E-state index >= 15 is 0 Å². The highest BCUT2D eigenvalue weighted by Crippen LogP contribution is 2.42. The van der Waals surface area contributed by atoms with Gasteiger partial charge in [0.1, 0.15) is 17.5 Å². The maximum absolute atomic E-state index is 9.18. The number of anilines is 1. The fourth-order valence-corrected chi connectivity index (χ4v) is 3.11. The lowest BCUT2D eigenvalue weighted by Gasteiger charge is -2.07. The summed E-state index contributed by atoms with van der Waals surface area (Å²) in [5.41, 5.74) is 8.36. The number of nitrogen functional groups attached to an aromatic ring is 1. The summed E-state index contributed by atoms with van der Waals surface area (Å²) in [5, 5.41) is 9.83. The third kappa shape index (κ3) is 3.36. The van der Waals surface area contributed by atoms with Gasteiger partial charge in [-0.2, -0.15) is 5.26 Å². The SMILES string of the molecule is N#Cc1c(N)nc(SCc2ccc(Br)cc2)nc1C1CC1. The van der Waals surface area contributed by atoms with Gasteiger partial charge in [0.25, 0.3) is 0 Å². The number of benzene rings is 1. The Bertz CT molecular complexity index is 705. The van der Waals surface area contributed by atoms with Crippen LogP contribution < -0.4 is 5.73 Å². The minimum Gasteiger partial charge on any atom is -0.382 e. The number of hydrogen-bond acceptors (Lipinski definition) is 5. The van der Waals surface area contributed by atoms with E-state index in [0.717, 1.165) is 28.8 Å². The molecule has 0 unspecified atom stereocenters. The molecule has 0 bridgehead atoms. The molecule has 1 aromatic heterocycles. The monoisotopic (exact) mass is 360 g/mol. The van der Waals surface area contributed by atoms with Crippen molar-refractivity contribution in [1.29, 1.82) is 5.26 Å². The van der Waals surface area contributed by atoms with Crippen molar-refractivity contribution < 1.29 is 0 Å². The van der Waals surface area contributed by atoms with Gasteiger partial charge in [-0.05, 0) is 30.5 Å². The highest BCUT2D eigenvalue weighted by atomic mass is 79.9. The van der Waals surface area contributed by atoms with Crippen molar-refractivity contribution in [1.82, 2.24) is 9.97 Å². The summed E-state index contributed by atoms with van der Waals surface area (Å²) in [6.45, 7) is 0. The Morgan fingerprint density at radius 2 is 2.00 bits per heavy atom. The topological polar surface area (TPSA) is 75.6 Å². The molecule has 1 fully saturated rings. The van der Waals surface area contributed by atoms with Crippen molar-refractivity contribution in [2.45, 2.75) is 29.7 Å². The number of nitriles is 1. The Hall–Kier alpha value is -1.58. The fourth-order valence-electron chi connectivity index (χ4n) is 2.03. The minimum atomic E-state index is 0.299. The van der Waals surface area contributed by atoms with Gasteiger partial charge in [0.15, 0.2) is 5.16 Å². The quantitative estimate of drug-likeness (QED) is 0.661. The highest BCUT2D eigenvalue weighted by Gasteiger charge is 2.29. The normalized spacial score (nSPS) is 13.9. The van der Waals surface area contributed by atoms with E-state index < -0.39 is 0 Å². The van der Waals surface area contributed by atoms with E-state index in [1.807, 2.05) is 12.1 Å². The maximum Gasteiger partial charge on any atom is 0.190 e. The van der Waals surface area contributed by atoms with Gasteiger partial charge >= 0.3 is 0 Å². The van der Waals surface area contributed by atoms with Crippen LogP contribution in [0.5, 0.6) is 0 Å². The van der Waals surface area contributed by atoms with Crippen molar-refractivity contribution in [2.24, 2.45) is 0 Å². The summed E-state index contributed by atoms with van der Waals surface area (Å²) >= 11 is 4.97. The molecule has 0 atom stereocenters. The molecule has 0 amide bonds. The van der Waals surface area contributed by atoms with Gasteiger partial charge in [-0.25, -0.2) is 9.97 Å². The fraction of sp³-hybridized carbons (Fsp3) is 0.267. The lowest BCUT2D eigenvalue weighted by atomic mass is 10.1. The van der Waals surface area contributed by atoms with Crippen molar-refractivity contribution in [3.63, 3.8) is 0 Å². The first kappa shape index (κ1) is 14.4. The van der Waals surface area contributed by atoms with E-state index in [-0.39, 0.29) is 0 Å². The van der Waals surface area contributed by atoms with Gasteiger partial charge < -0.3 is 5.73 Å².